The van der Waals surface area contributed by atoms with Gasteiger partial charge in [-0.25, -0.2) is 0 Å². The molecule has 0 radical (unpaired) electrons. The minimum atomic E-state index is 0.274. The second-order valence-electron chi connectivity index (χ2n) is 17.0. The van der Waals surface area contributed by atoms with Crippen LogP contribution >= 0.6 is 0 Å². The molecule has 0 aromatic heterocycles. The lowest BCUT2D eigenvalue weighted by Gasteiger charge is -2.52. The summed E-state index contributed by atoms with van der Waals surface area (Å²) >= 11 is 0. The van der Waals surface area contributed by atoms with Crippen molar-refractivity contribution in [2.75, 3.05) is 13.2 Å². The molecule has 1 heterocycles. The van der Waals surface area contributed by atoms with Crippen molar-refractivity contribution in [3.63, 3.8) is 0 Å². The number of hydrogen-bond acceptors (Lipinski definition) is 5. The maximum absolute atomic E-state index is 6.91. The molecule has 3 saturated carbocycles. The topological polar surface area (TPSA) is 54.5 Å². The second kappa shape index (κ2) is 21.1. The first-order valence-corrected chi connectivity index (χ1v) is 20.9. The van der Waals surface area contributed by atoms with E-state index in [-0.39, 0.29) is 6.10 Å². The highest BCUT2D eigenvalue weighted by molar-refractivity contribution is 4.99. The van der Waals surface area contributed by atoms with Crippen molar-refractivity contribution < 1.29 is 9.47 Å². The van der Waals surface area contributed by atoms with Crippen molar-refractivity contribution in [2.24, 2.45) is 41.4 Å². The number of nitrogens with one attached hydrogen (secondary N) is 3. The third kappa shape index (κ3) is 12.3. The summed E-state index contributed by atoms with van der Waals surface area (Å²) in [6.45, 7) is 16.4. The summed E-state index contributed by atoms with van der Waals surface area (Å²) in [5.41, 5.74) is 0. The van der Waals surface area contributed by atoms with E-state index in [1.54, 1.807) is 0 Å². The van der Waals surface area contributed by atoms with E-state index in [2.05, 4.69) is 57.5 Å². The molecule has 0 spiro atoms. The molecule has 46 heavy (non-hydrogen) atoms. The van der Waals surface area contributed by atoms with Gasteiger partial charge < -0.3 is 9.47 Å². The van der Waals surface area contributed by atoms with Crippen LogP contribution in [0.2, 0.25) is 0 Å². The maximum atomic E-state index is 6.91. The minimum absolute atomic E-state index is 0.274. The van der Waals surface area contributed by atoms with Crippen LogP contribution in [0.1, 0.15) is 176 Å². The zero-order valence-electron chi connectivity index (χ0n) is 31.5. The number of unbranched alkanes of at least 4 members (excludes halogenated alkanes) is 10. The van der Waals surface area contributed by atoms with Crippen molar-refractivity contribution in [1.29, 1.82) is 0 Å². The third-order valence-corrected chi connectivity index (χ3v) is 12.8. The summed E-state index contributed by atoms with van der Waals surface area (Å²) in [6.07, 6.45) is 29.2. The molecular weight excluding hydrogens is 566 g/mol. The Morgan fingerprint density at radius 3 is 1.39 bits per heavy atom. The molecule has 1 saturated heterocycles. The van der Waals surface area contributed by atoms with Crippen LogP contribution in [0.4, 0.5) is 0 Å². The van der Waals surface area contributed by atoms with Crippen molar-refractivity contribution in [3.05, 3.63) is 0 Å². The van der Waals surface area contributed by atoms with Gasteiger partial charge in [0.25, 0.3) is 0 Å². The van der Waals surface area contributed by atoms with Gasteiger partial charge in [-0.3, -0.25) is 16.0 Å². The smallest absolute Gasteiger partial charge is 0.0655 e. The number of hydrogen-bond donors (Lipinski definition) is 3. The molecule has 5 nitrogen and oxygen atoms in total. The van der Waals surface area contributed by atoms with Crippen molar-refractivity contribution >= 4 is 0 Å². The molecule has 270 valence electrons. The minimum Gasteiger partial charge on any atom is -0.378 e. The zero-order valence-corrected chi connectivity index (χ0v) is 31.5. The Morgan fingerprint density at radius 1 is 0.457 bits per heavy atom. The van der Waals surface area contributed by atoms with Crippen molar-refractivity contribution in [1.82, 2.24) is 16.0 Å². The molecule has 0 aromatic carbocycles. The van der Waals surface area contributed by atoms with E-state index in [1.807, 2.05) is 0 Å². The predicted molar refractivity (Wildman–Crippen MR) is 196 cm³/mol. The van der Waals surface area contributed by atoms with Crippen molar-refractivity contribution in [2.45, 2.75) is 207 Å². The molecule has 1 aliphatic heterocycles. The van der Waals surface area contributed by atoms with Crippen LogP contribution in [-0.2, 0) is 9.47 Å². The highest BCUT2D eigenvalue weighted by atomic mass is 16.5. The molecule has 11 unspecified atom stereocenters. The Bertz CT molecular complexity index is 762. The van der Waals surface area contributed by atoms with Gasteiger partial charge in [-0.1, -0.05) is 119 Å². The first-order valence-electron chi connectivity index (χ1n) is 20.9. The van der Waals surface area contributed by atoms with E-state index in [0.29, 0.717) is 42.4 Å². The Kier molecular flexibility index (Phi) is 17.7. The van der Waals surface area contributed by atoms with Gasteiger partial charge >= 0.3 is 0 Å². The lowest BCUT2D eigenvalue weighted by atomic mass is 9.71. The lowest BCUT2D eigenvalue weighted by Crippen LogP contribution is -2.74. The van der Waals surface area contributed by atoms with Crippen LogP contribution in [0.5, 0.6) is 0 Å². The fraction of sp³-hybridized carbons (Fsp3) is 1.00. The lowest BCUT2D eigenvalue weighted by molar-refractivity contribution is -0.0934. The maximum Gasteiger partial charge on any atom is 0.0655 e. The molecule has 4 rings (SSSR count). The van der Waals surface area contributed by atoms with E-state index in [0.717, 1.165) is 43.3 Å². The van der Waals surface area contributed by atoms with Crippen LogP contribution in [0.3, 0.4) is 0 Å². The molecular formula is C41H79N3O2. The summed E-state index contributed by atoms with van der Waals surface area (Å²) in [5.74, 6) is 5.18. The quantitative estimate of drug-likeness (QED) is 0.122. The molecule has 0 bridgehead atoms. The van der Waals surface area contributed by atoms with Gasteiger partial charge in [-0.2, -0.15) is 0 Å². The van der Waals surface area contributed by atoms with Gasteiger partial charge in [-0.15, -0.1) is 0 Å². The molecule has 3 aliphatic carbocycles. The first-order chi connectivity index (χ1) is 22.4. The van der Waals surface area contributed by atoms with Crippen LogP contribution in [0.25, 0.3) is 0 Å². The van der Waals surface area contributed by atoms with Gasteiger partial charge in [0.1, 0.15) is 0 Å². The van der Waals surface area contributed by atoms with Crippen molar-refractivity contribution in [3.8, 4) is 0 Å². The average molecular weight is 646 g/mol. The Labute approximate surface area is 286 Å². The van der Waals surface area contributed by atoms with Gasteiger partial charge in [0.2, 0.25) is 0 Å². The SMILES string of the molecule is CCCCCCCCOC1CCC(C2NC(C3CCC(C)CC3C)NC(C3CCC(C)CC3C)N2)C(OCCCCCCCC)C1. The molecule has 4 aliphatic rings. The fourth-order valence-electron chi connectivity index (χ4n) is 9.92. The van der Waals surface area contributed by atoms with Crippen LogP contribution in [-0.4, -0.2) is 43.9 Å². The Morgan fingerprint density at radius 2 is 0.891 bits per heavy atom. The monoisotopic (exact) mass is 646 g/mol. The molecule has 5 heteroatoms. The summed E-state index contributed by atoms with van der Waals surface area (Å²) < 4.78 is 13.5. The normalized spacial score (nSPS) is 39.0. The summed E-state index contributed by atoms with van der Waals surface area (Å²) in [7, 11) is 0. The predicted octanol–water partition coefficient (Wildman–Crippen LogP) is 10.2. The Hall–Kier alpha value is -0.200. The van der Waals surface area contributed by atoms with Crippen LogP contribution < -0.4 is 16.0 Å². The molecule has 0 amide bonds. The second-order valence-corrected chi connectivity index (χ2v) is 17.0. The third-order valence-electron chi connectivity index (χ3n) is 12.8. The summed E-state index contributed by atoms with van der Waals surface area (Å²) in [4.78, 5) is 0. The molecule has 0 aromatic rings. The first kappa shape index (κ1) is 38.6. The van der Waals surface area contributed by atoms with E-state index in [1.165, 1.54) is 128 Å². The van der Waals surface area contributed by atoms with Crippen LogP contribution in [0, 0.1) is 41.4 Å². The summed E-state index contributed by atoms with van der Waals surface area (Å²) in [5, 5.41) is 12.7. The van der Waals surface area contributed by atoms with E-state index >= 15 is 0 Å². The van der Waals surface area contributed by atoms with E-state index < -0.39 is 0 Å². The molecule has 11 atom stereocenters. The zero-order chi connectivity index (χ0) is 32.7. The number of ether oxygens (including phenoxy) is 2. The fourth-order valence-corrected chi connectivity index (χ4v) is 9.92. The van der Waals surface area contributed by atoms with Gasteiger partial charge in [0.15, 0.2) is 0 Å². The molecule has 3 N–H and O–H groups in total. The number of rotatable bonds is 19. The summed E-state index contributed by atoms with van der Waals surface area (Å²) in [6, 6.07) is 0. The Balaban J connectivity index is 1.41. The van der Waals surface area contributed by atoms with Crippen LogP contribution in [0.15, 0.2) is 0 Å². The van der Waals surface area contributed by atoms with Gasteiger partial charge in [-0.05, 0) is 86.9 Å². The standard InChI is InChI=1S/C41H79N3O2/c1-7-9-11-13-15-17-25-45-34-21-24-37(38(29-34)46-26-18-16-14-12-10-8-2)41-43-39(35-22-19-30(3)27-32(35)5)42-40(44-41)36-23-20-31(4)28-33(36)6/h30-44H,7-29H2,1-6H3. The molecule has 4 fully saturated rings. The van der Waals surface area contributed by atoms with Gasteiger partial charge in [0, 0.05) is 25.6 Å². The van der Waals surface area contributed by atoms with E-state index in [4.69, 9.17) is 9.47 Å². The highest BCUT2D eigenvalue weighted by Gasteiger charge is 2.45. The highest BCUT2D eigenvalue weighted by Crippen LogP contribution is 2.40. The van der Waals surface area contributed by atoms with Gasteiger partial charge in [0.05, 0.1) is 30.7 Å². The average Bonchev–Trinajstić information content (AvgIpc) is 3.04. The largest absolute Gasteiger partial charge is 0.378 e. The van der Waals surface area contributed by atoms with E-state index in [9.17, 15) is 0 Å².